The summed E-state index contributed by atoms with van der Waals surface area (Å²) in [6, 6.07) is 4.19. The van der Waals surface area contributed by atoms with Crippen LogP contribution in [0.1, 0.15) is 37.7 Å². The van der Waals surface area contributed by atoms with Crippen molar-refractivity contribution in [3.63, 3.8) is 0 Å². The molecule has 1 aliphatic carbocycles. The molecule has 22 heavy (non-hydrogen) atoms. The number of benzene rings is 1. The molecular formula is C14H17N4O3S-. The van der Waals surface area contributed by atoms with Crippen molar-refractivity contribution in [3.05, 3.63) is 33.9 Å². The number of thiocarbonyl (C=S) groups is 1. The zero-order chi connectivity index (χ0) is 15.9. The zero-order valence-electron chi connectivity index (χ0n) is 11.9. The van der Waals surface area contributed by atoms with E-state index in [-0.39, 0.29) is 0 Å². The normalized spacial score (nSPS) is 15.6. The summed E-state index contributed by atoms with van der Waals surface area (Å²) in [6.07, 6.45) is 7.27. The maximum absolute atomic E-state index is 11.3. The van der Waals surface area contributed by atoms with Crippen LogP contribution in [0.4, 0.5) is 5.69 Å². The molecule has 1 aliphatic rings. The largest absolute Gasteiger partial charge is 0.868 e. The third kappa shape index (κ3) is 4.66. The van der Waals surface area contributed by atoms with Crippen LogP contribution in [0.2, 0.25) is 0 Å². The molecule has 0 spiro atoms. The molecule has 1 aromatic rings. The van der Waals surface area contributed by atoms with Crippen LogP contribution < -0.4 is 15.8 Å². The molecule has 0 unspecified atom stereocenters. The van der Waals surface area contributed by atoms with E-state index in [0.717, 1.165) is 18.9 Å². The van der Waals surface area contributed by atoms with Gasteiger partial charge in [0, 0.05) is 17.7 Å². The van der Waals surface area contributed by atoms with Crippen molar-refractivity contribution in [1.29, 1.82) is 0 Å². The summed E-state index contributed by atoms with van der Waals surface area (Å²) in [5.74, 6) is -0.621. The van der Waals surface area contributed by atoms with Crippen molar-refractivity contribution < 1.29 is 10.0 Å². The molecule has 0 aromatic heterocycles. The molecule has 1 aromatic carbocycles. The van der Waals surface area contributed by atoms with Gasteiger partial charge in [-0.2, -0.15) is 5.10 Å². The highest BCUT2D eigenvalue weighted by Gasteiger charge is 2.13. The standard InChI is InChI=1S/C14H18N4O3S/c19-13-7-6-10(8-12(13)18(20)21)9-15-17-14(22)16-11-4-2-1-3-5-11/h6-9,11,19H,1-5H2,(H2,16,17,22)/p-1. The predicted molar refractivity (Wildman–Crippen MR) is 85.9 cm³/mol. The van der Waals surface area contributed by atoms with Crippen molar-refractivity contribution in [1.82, 2.24) is 10.7 Å². The molecule has 0 bridgehead atoms. The lowest BCUT2D eigenvalue weighted by atomic mass is 9.96. The summed E-state index contributed by atoms with van der Waals surface area (Å²) in [4.78, 5) is 9.99. The van der Waals surface area contributed by atoms with Gasteiger partial charge in [0.1, 0.15) is 0 Å². The summed E-state index contributed by atoms with van der Waals surface area (Å²) in [6.45, 7) is 0. The van der Waals surface area contributed by atoms with Crippen LogP contribution in [0.3, 0.4) is 0 Å². The summed E-state index contributed by atoms with van der Waals surface area (Å²) in [7, 11) is 0. The van der Waals surface area contributed by atoms with Gasteiger partial charge >= 0.3 is 0 Å². The average Bonchev–Trinajstić information content (AvgIpc) is 2.49. The van der Waals surface area contributed by atoms with Crippen LogP contribution in [0, 0.1) is 10.1 Å². The van der Waals surface area contributed by atoms with E-state index in [4.69, 9.17) is 12.2 Å². The van der Waals surface area contributed by atoms with Gasteiger partial charge in [-0.05, 0) is 30.8 Å². The van der Waals surface area contributed by atoms with E-state index < -0.39 is 16.4 Å². The van der Waals surface area contributed by atoms with Crippen molar-refractivity contribution in [2.24, 2.45) is 5.10 Å². The molecule has 0 radical (unpaired) electrons. The van der Waals surface area contributed by atoms with Crippen molar-refractivity contribution in [3.8, 4) is 5.75 Å². The molecule has 2 rings (SSSR count). The lowest BCUT2D eigenvalue weighted by molar-refractivity contribution is -0.398. The molecule has 7 nitrogen and oxygen atoms in total. The Morgan fingerprint density at radius 1 is 1.36 bits per heavy atom. The zero-order valence-corrected chi connectivity index (χ0v) is 12.8. The highest BCUT2D eigenvalue weighted by molar-refractivity contribution is 7.80. The van der Waals surface area contributed by atoms with Gasteiger partial charge < -0.3 is 10.4 Å². The van der Waals surface area contributed by atoms with Crippen LogP contribution in [0.15, 0.2) is 23.3 Å². The molecule has 0 atom stereocenters. The quantitative estimate of drug-likeness (QED) is 0.379. The lowest BCUT2D eigenvalue weighted by Crippen LogP contribution is -2.40. The van der Waals surface area contributed by atoms with Crippen LogP contribution >= 0.6 is 12.2 Å². The smallest absolute Gasteiger partial charge is 0.262 e. The van der Waals surface area contributed by atoms with E-state index in [1.165, 1.54) is 37.6 Å². The molecule has 0 aliphatic heterocycles. The second-order valence-corrected chi connectivity index (χ2v) is 5.57. The number of nitrogens with zero attached hydrogens (tertiary/aromatic N) is 2. The monoisotopic (exact) mass is 321 g/mol. The molecule has 8 heteroatoms. The Morgan fingerprint density at radius 3 is 2.77 bits per heavy atom. The van der Waals surface area contributed by atoms with Crippen molar-refractivity contribution in [2.75, 3.05) is 0 Å². The number of rotatable bonds is 4. The van der Waals surface area contributed by atoms with Gasteiger partial charge in [0.25, 0.3) is 5.69 Å². The van der Waals surface area contributed by atoms with Gasteiger partial charge in [0.2, 0.25) is 0 Å². The van der Waals surface area contributed by atoms with E-state index >= 15 is 0 Å². The second-order valence-electron chi connectivity index (χ2n) is 5.16. The Morgan fingerprint density at radius 2 is 2.09 bits per heavy atom. The fourth-order valence-corrected chi connectivity index (χ4v) is 2.61. The minimum Gasteiger partial charge on any atom is -0.868 e. The molecule has 118 valence electrons. The Hall–Kier alpha value is -2.22. The third-order valence-electron chi connectivity index (χ3n) is 3.50. The Bertz CT molecular complexity index is 585. The second kappa shape index (κ2) is 7.69. The fraction of sp³-hybridized carbons (Fsp3) is 0.429. The van der Waals surface area contributed by atoms with Gasteiger partial charge in [0.05, 0.1) is 11.1 Å². The molecule has 0 saturated heterocycles. The topological polar surface area (TPSA) is 103 Å². The summed E-state index contributed by atoms with van der Waals surface area (Å²) < 4.78 is 0. The maximum Gasteiger partial charge on any atom is 0.262 e. The maximum atomic E-state index is 11.3. The average molecular weight is 321 g/mol. The lowest BCUT2D eigenvalue weighted by Gasteiger charge is -2.23. The van der Waals surface area contributed by atoms with E-state index in [1.54, 1.807) is 0 Å². The fourth-order valence-electron chi connectivity index (χ4n) is 2.39. The van der Waals surface area contributed by atoms with Gasteiger partial charge in [-0.15, -0.1) is 0 Å². The van der Waals surface area contributed by atoms with Gasteiger partial charge in [-0.25, -0.2) is 0 Å². The van der Waals surface area contributed by atoms with Crippen molar-refractivity contribution >= 4 is 29.2 Å². The van der Waals surface area contributed by atoms with E-state index in [2.05, 4.69) is 15.8 Å². The van der Waals surface area contributed by atoms with Gasteiger partial charge in [-0.1, -0.05) is 31.4 Å². The van der Waals surface area contributed by atoms with Crippen LogP contribution in [0.5, 0.6) is 5.75 Å². The number of nitrogens with one attached hydrogen (secondary N) is 2. The first kappa shape index (κ1) is 16.2. The van der Waals surface area contributed by atoms with E-state index in [9.17, 15) is 15.2 Å². The summed E-state index contributed by atoms with van der Waals surface area (Å²) in [5.41, 5.74) is 2.68. The van der Waals surface area contributed by atoms with Gasteiger partial charge in [0.15, 0.2) is 5.11 Å². The summed E-state index contributed by atoms with van der Waals surface area (Å²) >= 11 is 5.14. The van der Waals surface area contributed by atoms with E-state index in [0.29, 0.717) is 16.7 Å². The molecule has 1 fully saturated rings. The van der Waals surface area contributed by atoms with Gasteiger partial charge in [-0.3, -0.25) is 15.5 Å². The highest BCUT2D eigenvalue weighted by Crippen LogP contribution is 2.22. The third-order valence-corrected chi connectivity index (χ3v) is 3.71. The molecule has 0 heterocycles. The summed E-state index contributed by atoms with van der Waals surface area (Å²) in [5, 5.41) is 29.5. The molecule has 0 amide bonds. The minimum atomic E-state index is -0.706. The SMILES string of the molecule is O=[N+]([O-])c1cc(C=NNC(=S)NC2CCCCC2)ccc1[O-]. The molecule has 2 N–H and O–H groups in total. The minimum absolute atomic E-state index is 0.379. The highest BCUT2D eigenvalue weighted by atomic mass is 32.1. The number of hydrazone groups is 1. The molecular weight excluding hydrogens is 304 g/mol. The number of nitro benzene ring substituents is 1. The van der Waals surface area contributed by atoms with E-state index in [1.807, 2.05) is 0 Å². The first-order chi connectivity index (χ1) is 10.6. The number of hydrogen-bond donors (Lipinski definition) is 2. The Labute approximate surface area is 133 Å². The predicted octanol–water partition coefficient (Wildman–Crippen LogP) is 1.80. The van der Waals surface area contributed by atoms with Crippen molar-refractivity contribution in [2.45, 2.75) is 38.1 Å². The Balaban J connectivity index is 1.87. The van der Waals surface area contributed by atoms with Crippen LogP contribution in [0.25, 0.3) is 0 Å². The molecule has 1 saturated carbocycles. The first-order valence-electron chi connectivity index (χ1n) is 7.11. The van der Waals surface area contributed by atoms with Crippen LogP contribution in [-0.4, -0.2) is 22.3 Å². The van der Waals surface area contributed by atoms with Crippen LogP contribution in [-0.2, 0) is 0 Å². The number of nitro groups is 1. The number of hydrogen-bond acceptors (Lipinski definition) is 5. The Kier molecular flexibility index (Phi) is 5.65. The first-order valence-corrected chi connectivity index (χ1v) is 7.52.